The second kappa shape index (κ2) is 12.5. The summed E-state index contributed by atoms with van der Waals surface area (Å²) in [5, 5.41) is 33.4. The summed E-state index contributed by atoms with van der Waals surface area (Å²) in [7, 11) is 1.23. The Morgan fingerprint density at radius 2 is 1.04 bits per heavy atom. The molecule has 258 valence electrons. The Morgan fingerprint density at radius 3 is 1.44 bits per heavy atom. The van der Waals surface area contributed by atoms with E-state index in [9.17, 15) is 74.0 Å². The van der Waals surface area contributed by atoms with Gasteiger partial charge in [0.05, 0.1) is 16.7 Å². The van der Waals surface area contributed by atoms with Crippen molar-refractivity contribution in [3.05, 3.63) is 93.5 Å². The van der Waals surface area contributed by atoms with E-state index in [0.717, 1.165) is 12.1 Å². The van der Waals surface area contributed by atoms with Gasteiger partial charge in [0, 0.05) is 24.0 Å². The Morgan fingerprint density at radius 1 is 0.604 bits per heavy atom. The van der Waals surface area contributed by atoms with Crippen LogP contribution in [0.2, 0.25) is 0 Å². The topological polar surface area (TPSA) is 153 Å². The highest BCUT2D eigenvalue weighted by Gasteiger charge is 2.72. The molecule has 0 saturated heterocycles. The average molecular weight is 695 g/mol. The molecular weight excluding hydrogens is 671 g/mol. The maximum Gasteiger partial charge on any atom is 0.421 e. The van der Waals surface area contributed by atoms with Crippen molar-refractivity contribution in [3.63, 3.8) is 0 Å². The van der Waals surface area contributed by atoms with Crippen molar-refractivity contribution >= 4 is 35.0 Å². The molecule has 18 heteroatoms. The number of amides is 1. The van der Waals surface area contributed by atoms with Gasteiger partial charge in [0.25, 0.3) is 5.91 Å². The van der Waals surface area contributed by atoms with E-state index in [2.05, 4.69) is 5.32 Å². The van der Waals surface area contributed by atoms with Crippen LogP contribution in [0.4, 0.5) is 50.9 Å². The molecule has 9 nitrogen and oxygen atoms in total. The number of ketones is 1. The number of hydrogen-bond donors (Lipinski definition) is 5. The van der Waals surface area contributed by atoms with E-state index in [4.69, 9.17) is 0 Å². The van der Waals surface area contributed by atoms with Gasteiger partial charge in [0.15, 0.2) is 11.4 Å². The van der Waals surface area contributed by atoms with Crippen LogP contribution in [-0.4, -0.2) is 64.5 Å². The maximum atomic E-state index is 14.8. The predicted molar refractivity (Wildman–Crippen MR) is 149 cm³/mol. The number of alkyl halides is 9. The minimum atomic E-state index is -6.33. The summed E-state index contributed by atoms with van der Waals surface area (Å²) >= 11 is 0. The quantitative estimate of drug-likeness (QED) is 0.122. The molecule has 0 bridgehead atoms. The van der Waals surface area contributed by atoms with Gasteiger partial charge in [-0.15, -0.1) is 0 Å². The molecule has 3 aromatic carbocycles. The first kappa shape index (κ1) is 37.3. The van der Waals surface area contributed by atoms with Gasteiger partial charge in [0.1, 0.15) is 0 Å². The largest absolute Gasteiger partial charge is 0.478 e. The second-order valence-electron chi connectivity index (χ2n) is 10.5. The number of carbonyl (C=O) groups is 4. The molecule has 3 rings (SSSR count). The van der Waals surface area contributed by atoms with Crippen LogP contribution < -0.4 is 10.6 Å². The van der Waals surface area contributed by atoms with E-state index in [1.165, 1.54) is 7.05 Å². The summed E-state index contributed by atoms with van der Waals surface area (Å²) in [5.41, 5.74) is -18.0. The first-order chi connectivity index (χ1) is 21.8. The Labute approximate surface area is 264 Å². The molecule has 0 aromatic heterocycles. The zero-order valence-corrected chi connectivity index (χ0v) is 24.6. The van der Waals surface area contributed by atoms with E-state index >= 15 is 0 Å². The summed E-state index contributed by atoms with van der Waals surface area (Å²) in [4.78, 5) is 48.9. The maximum absolute atomic E-state index is 14.8. The number of halogens is 9. The molecule has 0 radical (unpaired) electrons. The fraction of sp³-hybridized carbons (Fsp3) is 0.267. The molecule has 1 amide bonds. The highest BCUT2D eigenvalue weighted by atomic mass is 19.4. The van der Waals surface area contributed by atoms with Crippen LogP contribution in [0.5, 0.6) is 0 Å². The number of benzene rings is 3. The van der Waals surface area contributed by atoms with Gasteiger partial charge < -0.3 is 26.0 Å². The standard InChI is InChI=1S/C30H23F9N2O7/c1-13(42)21-10-14(4-6-19(21)24(44)45)27(29(34,35)36,30(37,38)39)15-5-7-20(25(46)47)22(11-15)23(43)41-18-9-16(8-17(12-18)40-3)26(2,48)28(31,32)33/h4-12,40,48H,1-3H3,(H,41,43)(H,44,45)(H,46,47). The molecule has 0 aliphatic heterocycles. The predicted octanol–water partition coefficient (Wildman–Crippen LogP) is 6.76. The Balaban J connectivity index is 2.36. The minimum Gasteiger partial charge on any atom is -0.478 e. The van der Waals surface area contributed by atoms with Gasteiger partial charge >= 0.3 is 30.5 Å². The van der Waals surface area contributed by atoms with E-state index in [0.29, 0.717) is 26.0 Å². The Kier molecular flexibility index (Phi) is 9.70. The van der Waals surface area contributed by atoms with Gasteiger partial charge in [-0.2, -0.15) is 39.5 Å². The normalized spacial score (nSPS) is 13.8. The lowest BCUT2D eigenvalue weighted by atomic mass is 9.71. The number of carbonyl (C=O) groups excluding carboxylic acids is 2. The van der Waals surface area contributed by atoms with Crippen LogP contribution >= 0.6 is 0 Å². The number of nitrogens with one attached hydrogen (secondary N) is 2. The van der Waals surface area contributed by atoms with Gasteiger partial charge in [-0.3, -0.25) is 9.59 Å². The lowest BCUT2D eigenvalue weighted by molar-refractivity contribution is -0.288. The van der Waals surface area contributed by atoms with Crippen molar-refractivity contribution < 1.29 is 74.0 Å². The first-order valence-electron chi connectivity index (χ1n) is 13.1. The first-order valence-corrected chi connectivity index (χ1v) is 13.1. The number of carboxylic acid groups (broad SMARTS) is 2. The van der Waals surface area contributed by atoms with Crippen LogP contribution in [0.25, 0.3) is 0 Å². The summed E-state index contributed by atoms with van der Waals surface area (Å²) in [6.45, 7) is 1.06. The second-order valence-corrected chi connectivity index (χ2v) is 10.5. The number of rotatable bonds is 9. The molecule has 1 unspecified atom stereocenters. The number of aromatic carboxylic acids is 2. The number of carboxylic acids is 2. The molecule has 0 fully saturated rings. The summed E-state index contributed by atoms with van der Waals surface area (Å²) in [6, 6.07) is 3.35. The number of anilines is 2. The van der Waals surface area contributed by atoms with Crippen molar-refractivity contribution in [1.82, 2.24) is 0 Å². The average Bonchev–Trinajstić information content (AvgIpc) is 2.94. The lowest BCUT2D eigenvalue weighted by Gasteiger charge is -2.38. The summed E-state index contributed by atoms with van der Waals surface area (Å²) in [5.74, 6) is -6.72. The van der Waals surface area contributed by atoms with Crippen molar-refractivity contribution in [2.45, 2.75) is 43.4 Å². The van der Waals surface area contributed by atoms with Crippen molar-refractivity contribution in [3.8, 4) is 0 Å². The molecule has 0 spiro atoms. The number of aliphatic hydroxyl groups is 1. The summed E-state index contributed by atoms with van der Waals surface area (Å²) in [6.07, 6.45) is -17.9. The number of hydrogen-bond acceptors (Lipinski definition) is 6. The fourth-order valence-corrected chi connectivity index (χ4v) is 4.88. The molecule has 5 N–H and O–H groups in total. The van der Waals surface area contributed by atoms with Crippen LogP contribution in [0, 0.1) is 0 Å². The molecule has 0 aliphatic carbocycles. The monoisotopic (exact) mass is 694 g/mol. The van der Waals surface area contributed by atoms with Gasteiger partial charge in [-0.05, 0) is 73.0 Å². The van der Waals surface area contributed by atoms with Crippen LogP contribution in [0.15, 0.2) is 54.6 Å². The third-order valence-corrected chi connectivity index (χ3v) is 7.43. The molecule has 0 aliphatic rings. The highest BCUT2D eigenvalue weighted by molar-refractivity contribution is 6.11. The Hall–Kier alpha value is -5.13. The van der Waals surface area contributed by atoms with Crippen LogP contribution in [0.3, 0.4) is 0 Å². The van der Waals surface area contributed by atoms with Crippen LogP contribution in [0.1, 0.15) is 72.0 Å². The van der Waals surface area contributed by atoms with Gasteiger partial charge in [0.2, 0.25) is 5.41 Å². The van der Waals surface area contributed by atoms with Gasteiger partial charge in [-0.1, -0.05) is 12.1 Å². The van der Waals surface area contributed by atoms with Gasteiger partial charge in [-0.25, -0.2) is 9.59 Å². The minimum absolute atomic E-state index is 0.0347. The van der Waals surface area contributed by atoms with Crippen molar-refractivity contribution in [1.29, 1.82) is 0 Å². The molecule has 48 heavy (non-hydrogen) atoms. The molecular formula is C30H23F9N2O7. The van der Waals surface area contributed by atoms with Crippen molar-refractivity contribution in [2.24, 2.45) is 0 Å². The fourth-order valence-electron chi connectivity index (χ4n) is 4.88. The van der Waals surface area contributed by atoms with E-state index in [1.54, 1.807) is 0 Å². The zero-order valence-electron chi connectivity index (χ0n) is 24.6. The summed E-state index contributed by atoms with van der Waals surface area (Å²) < 4.78 is 130. The third kappa shape index (κ3) is 6.51. The Bertz CT molecular complexity index is 1780. The van der Waals surface area contributed by atoms with E-state index in [-0.39, 0.29) is 36.0 Å². The molecule has 0 heterocycles. The molecule has 3 aromatic rings. The SMILES string of the molecule is CNc1cc(NC(=O)c2cc(C(c3ccc(C(=O)O)c(C(C)=O)c3)(C(F)(F)F)C(F)(F)F)ccc2C(=O)O)cc(C(C)(O)C(F)(F)F)c1. The smallest absolute Gasteiger partial charge is 0.421 e. The zero-order chi connectivity index (χ0) is 36.8. The van der Waals surface area contributed by atoms with Crippen LogP contribution in [-0.2, 0) is 11.0 Å². The van der Waals surface area contributed by atoms with E-state index < -0.39 is 97.8 Å². The number of Topliss-reactive ketones (excluding diaryl/α,β-unsaturated/α-hetero) is 1. The molecule has 1 atom stereocenters. The third-order valence-electron chi connectivity index (χ3n) is 7.43. The lowest BCUT2D eigenvalue weighted by Crippen LogP contribution is -2.55. The molecule has 0 saturated carbocycles. The van der Waals surface area contributed by atoms with Crippen molar-refractivity contribution in [2.75, 3.05) is 17.7 Å². The van der Waals surface area contributed by atoms with E-state index in [1.807, 2.05) is 5.32 Å². The highest BCUT2D eigenvalue weighted by Crippen LogP contribution is 2.56.